The summed E-state index contributed by atoms with van der Waals surface area (Å²) in [6.07, 6.45) is 1.40. The minimum Gasteiger partial charge on any atom is -0.241 e. The Morgan fingerprint density at radius 1 is 2.00 bits per heavy atom. The fraction of sp³-hybridized carbons (Fsp3) is 0.500. The van der Waals surface area contributed by atoms with Gasteiger partial charge in [-0.2, -0.15) is 0 Å². The molecule has 3 nitrogen and oxygen atoms in total. The highest BCUT2D eigenvalue weighted by Crippen LogP contribution is 1.96. The third kappa shape index (κ3) is 0.609. The molecule has 6 heavy (non-hydrogen) atoms. The van der Waals surface area contributed by atoms with Gasteiger partial charge in [-0.3, -0.25) is 0 Å². The molecule has 0 N–H and O–H groups in total. The van der Waals surface area contributed by atoms with E-state index in [9.17, 15) is 0 Å². The largest absolute Gasteiger partial charge is 0.241 e. The van der Waals surface area contributed by atoms with Gasteiger partial charge in [0.1, 0.15) is 6.34 Å². The summed E-state index contributed by atoms with van der Waals surface area (Å²) in [5, 5.41) is 0. The Labute approximate surface area is 40.2 Å². The van der Waals surface area contributed by atoms with Gasteiger partial charge in [0.15, 0.2) is 6.73 Å². The summed E-state index contributed by atoms with van der Waals surface area (Å²) in [7, 11) is 0. The minimum absolute atomic E-state index is 0.351. The van der Waals surface area contributed by atoms with Gasteiger partial charge in [0, 0.05) is 11.8 Å². The molecule has 0 spiro atoms. The summed E-state index contributed by atoms with van der Waals surface area (Å²) in [5.41, 5.74) is 0. The maximum Gasteiger partial charge on any atom is 0.168 e. The molecule has 1 rings (SSSR count). The fourth-order valence-electron chi connectivity index (χ4n) is 0.219. The molecular formula is C2H3ClN2O. The van der Waals surface area contributed by atoms with E-state index < -0.39 is 0 Å². The molecule has 1 aliphatic heterocycles. The van der Waals surface area contributed by atoms with Crippen molar-refractivity contribution in [3.63, 3.8) is 0 Å². The van der Waals surface area contributed by atoms with Gasteiger partial charge in [-0.05, 0) is 0 Å². The second-order valence-electron chi connectivity index (χ2n) is 0.828. The van der Waals surface area contributed by atoms with Gasteiger partial charge in [0.2, 0.25) is 0 Å². The first kappa shape index (κ1) is 3.89. The van der Waals surface area contributed by atoms with Crippen LogP contribution in [-0.2, 0) is 4.84 Å². The molecule has 1 aliphatic rings. The van der Waals surface area contributed by atoms with Crippen molar-refractivity contribution in [3.05, 3.63) is 0 Å². The van der Waals surface area contributed by atoms with Crippen LogP contribution in [0.1, 0.15) is 0 Å². The maximum absolute atomic E-state index is 5.17. The summed E-state index contributed by atoms with van der Waals surface area (Å²) < 4.78 is 1.04. The smallest absolute Gasteiger partial charge is 0.168 e. The van der Waals surface area contributed by atoms with Gasteiger partial charge < -0.3 is 0 Å². The van der Waals surface area contributed by atoms with Crippen LogP contribution in [0.3, 0.4) is 0 Å². The second kappa shape index (κ2) is 1.45. The average Bonchev–Trinajstić information content (AvgIpc) is 1.86. The monoisotopic (exact) mass is 106 g/mol. The van der Waals surface area contributed by atoms with E-state index in [-0.39, 0.29) is 0 Å². The highest BCUT2D eigenvalue weighted by atomic mass is 35.5. The molecule has 0 radical (unpaired) electrons. The molecule has 0 saturated heterocycles. The fourth-order valence-corrected chi connectivity index (χ4v) is 0.325. The molecule has 0 aromatic carbocycles. The van der Waals surface area contributed by atoms with Crippen molar-refractivity contribution in [2.45, 2.75) is 0 Å². The van der Waals surface area contributed by atoms with Gasteiger partial charge in [-0.25, -0.2) is 9.83 Å². The average molecular weight is 107 g/mol. The second-order valence-corrected chi connectivity index (χ2v) is 1.16. The standard InChI is InChI=1S/C2H3ClN2O/c3-5-1-4-2-6-5/h1H,2H2. The van der Waals surface area contributed by atoms with Crippen molar-refractivity contribution in [1.29, 1.82) is 0 Å². The Morgan fingerprint density at radius 2 is 2.83 bits per heavy atom. The molecule has 0 aromatic heterocycles. The van der Waals surface area contributed by atoms with Crippen molar-refractivity contribution in [2.24, 2.45) is 4.99 Å². The normalized spacial score (nSPS) is 19.8. The third-order valence-corrected chi connectivity index (χ3v) is 0.613. The van der Waals surface area contributed by atoms with E-state index in [1.165, 1.54) is 6.34 Å². The van der Waals surface area contributed by atoms with Crippen molar-refractivity contribution in [2.75, 3.05) is 6.73 Å². The van der Waals surface area contributed by atoms with Crippen LogP contribution in [0.2, 0.25) is 0 Å². The van der Waals surface area contributed by atoms with E-state index in [4.69, 9.17) is 11.8 Å². The number of rotatable bonds is 0. The topological polar surface area (TPSA) is 24.8 Å². The van der Waals surface area contributed by atoms with Gasteiger partial charge in [0.05, 0.1) is 0 Å². The van der Waals surface area contributed by atoms with Crippen molar-refractivity contribution in [3.8, 4) is 0 Å². The molecule has 1 heterocycles. The molecule has 0 saturated carbocycles. The lowest BCUT2D eigenvalue weighted by Crippen LogP contribution is -2.00. The molecule has 34 valence electrons. The van der Waals surface area contributed by atoms with Crippen LogP contribution in [-0.4, -0.2) is 17.7 Å². The van der Waals surface area contributed by atoms with E-state index in [0.29, 0.717) is 6.73 Å². The summed E-state index contributed by atoms with van der Waals surface area (Å²) in [6.45, 7) is 0.351. The summed E-state index contributed by atoms with van der Waals surface area (Å²) in [6, 6.07) is 0. The zero-order chi connectivity index (χ0) is 4.41. The molecule has 4 heteroatoms. The predicted octanol–water partition coefficient (Wildman–Crippen LogP) is 0.373. The summed E-state index contributed by atoms with van der Waals surface area (Å²) >= 11 is 5.17. The lowest BCUT2D eigenvalue weighted by molar-refractivity contribution is 0.00311. The molecule has 0 fully saturated rings. The number of aliphatic imine (C=N–C) groups is 1. The molecule has 0 aliphatic carbocycles. The van der Waals surface area contributed by atoms with E-state index in [2.05, 4.69) is 9.83 Å². The van der Waals surface area contributed by atoms with Crippen LogP contribution in [0, 0.1) is 0 Å². The number of nitrogens with zero attached hydrogens (tertiary/aromatic N) is 2. The highest BCUT2D eigenvalue weighted by molar-refractivity contribution is 6.17. The molecule has 0 amide bonds. The molecule has 0 unspecified atom stereocenters. The van der Waals surface area contributed by atoms with Crippen molar-refractivity contribution in [1.82, 2.24) is 4.58 Å². The van der Waals surface area contributed by atoms with Gasteiger partial charge in [0.25, 0.3) is 0 Å². The van der Waals surface area contributed by atoms with Crippen LogP contribution in [0.4, 0.5) is 0 Å². The zero-order valence-electron chi connectivity index (χ0n) is 2.97. The molecule has 0 bridgehead atoms. The number of hydrogen-bond acceptors (Lipinski definition) is 3. The first-order chi connectivity index (χ1) is 2.89. The molecule has 0 atom stereocenters. The Morgan fingerprint density at radius 3 is 3.00 bits per heavy atom. The van der Waals surface area contributed by atoms with Crippen LogP contribution in [0.15, 0.2) is 4.99 Å². The zero-order valence-corrected chi connectivity index (χ0v) is 3.72. The van der Waals surface area contributed by atoms with Crippen molar-refractivity contribution < 1.29 is 4.84 Å². The lowest BCUT2D eigenvalue weighted by atomic mass is 11.3. The molecule has 0 aromatic rings. The SMILES string of the molecule is ClN1C=NCO1. The van der Waals surface area contributed by atoms with Gasteiger partial charge in [-0.1, -0.05) is 0 Å². The highest BCUT2D eigenvalue weighted by Gasteiger charge is 1.97. The van der Waals surface area contributed by atoms with E-state index in [1.54, 1.807) is 0 Å². The number of halogens is 1. The lowest BCUT2D eigenvalue weighted by Gasteiger charge is -1.94. The Hall–Kier alpha value is -0.280. The Bertz CT molecular complexity index is 73.9. The van der Waals surface area contributed by atoms with E-state index in [1.807, 2.05) is 0 Å². The van der Waals surface area contributed by atoms with Crippen LogP contribution in [0.5, 0.6) is 0 Å². The Kier molecular flexibility index (Phi) is 0.939. The first-order valence-corrected chi connectivity index (χ1v) is 1.81. The van der Waals surface area contributed by atoms with E-state index >= 15 is 0 Å². The Balaban J connectivity index is 2.38. The minimum atomic E-state index is 0.351. The number of hydrogen-bond donors (Lipinski definition) is 0. The van der Waals surface area contributed by atoms with Crippen LogP contribution in [0.25, 0.3) is 0 Å². The van der Waals surface area contributed by atoms with Crippen LogP contribution >= 0.6 is 11.8 Å². The van der Waals surface area contributed by atoms with Crippen molar-refractivity contribution >= 4 is 18.1 Å². The van der Waals surface area contributed by atoms with Gasteiger partial charge >= 0.3 is 0 Å². The first-order valence-electron chi connectivity index (χ1n) is 1.47. The van der Waals surface area contributed by atoms with E-state index in [0.717, 1.165) is 4.58 Å². The predicted molar refractivity (Wildman–Crippen MR) is 22.1 cm³/mol. The quantitative estimate of drug-likeness (QED) is 0.417. The maximum atomic E-state index is 5.17. The summed E-state index contributed by atoms with van der Waals surface area (Å²) in [5.74, 6) is 0. The third-order valence-electron chi connectivity index (χ3n) is 0.428. The summed E-state index contributed by atoms with van der Waals surface area (Å²) in [4.78, 5) is 8.14. The van der Waals surface area contributed by atoms with Gasteiger partial charge in [-0.15, -0.1) is 4.58 Å². The number of hydroxylamine groups is 1. The molecular weight excluding hydrogens is 103 g/mol. The van der Waals surface area contributed by atoms with Crippen LogP contribution < -0.4 is 0 Å².